The van der Waals surface area contributed by atoms with Crippen molar-refractivity contribution in [1.82, 2.24) is 9.88 Å². The molecule has 1 aliphatic rings. The summed E-state index contributed by atoms with van der Waals surface area (Å²) in [6.07, 6.45) is 11.8. The van der Waals surface area contributed by atoms with E-state index in [0.717, 1.165) is 43.6 Å². The van der Waals surface area contributed by atoms with Gasteiger partial charge in [-0.05, 0) is 74.9 Å². The van der Waals surface area contributed by atoms with Crippen molar-refractivity contribution >= 4 is 10.9 Å². The van der Waals surface area contributed by atoms with E-state index >= 15 is 0 Å². The molecular formula is C25H38N2O. The van der Waals surface area contributed by atoms with E-state index in [4.69, 9.17) is 4.98 Å². The number of pyridine rings is 1. The van der Waals surface area contributed by atoms with Gasteiger partial charge in [-0.25, -0.2) is 0 Å². The van der Waals surface area contributed by atoms with Gasteiger partial charge < -0.3 is 10.0 Å². The molecule has 0 saturated heterocycles. The fraction of sp³-hybridized carbons (Fsp3) is 0.640. The highest BCUT2D eigenvalue weighted by molar-refractivity contribution is 5.80. The van der Waals surface area contributed by atoms with Crippen LogP contribution in [0, 0.1) is 0 Å². The van der Waals surface area contributed by atoms with Crippen LogP contribution in [-0.4, -0.2) is 34.6 Å². The van der Waals surface area contributed by atoms with Gasteiger partial charge in [0, 0.05) is 17.6 Å². The van der Waals surface area contributed by atoms with Crippen molar-refractivity contribution in [2.75, 3.05) is 19.6 Å². The summed E-state index contributed by atoms with van der Waals surface area (Å²) >= 11 is 0. The third kappa shape index (κ3) is 5.78. The molecule has 0 amide bonds. The summed E-state index contributed by atoms with van der Waals surface area (Å²) in [7, 11) is 0. The molecular weight excluding hydrogens is 344 g/mol. The number of benzene rings is 1. The average Bonchev–Trinajstić information content (AvgIpc) is 2.72. The predicted molar refractivity (Wildman–Crippen MR) is 119 cm³/mol. The lowest BCUT2D eigenvalue weighted by Gasteiger charge is -2.25. The van der Waals surface area contributed by atoms with E-state index in [1.165, 1.54) is 68.0 Å². The summed E-state index contributed by atoms with van der Waals surface area (Å²) in [6.45, 7) is 7.40. The van der Waals surface area contributed by atoms with Crippen molar-refractivity contribution in [1.29, 1.82) is 0 Å². The first-order chi connectivity index (χ1) is 13.7. The molecule has 154 valence electrons. The molecule has 3 rings (SSSR count). The number of unbranched alkanes of at least 4 members (excludes halogenated alkanes) is 4. The fourth-order valence-electron chi connectivity index (χ4n) is 4.33. The highest BCUT2D eigenvalue weighted by atomic mass is 16.3. The zero-order valence-electron chi connectivity index (χ0n) is 17.9. The maximum Gasteiger partial charge on any atom is 0.0917 e. The Hall–Kier alpha value is -1.45. The number of aliphatic hydroxyl groups excluding tert-OH is 1. The molecule has 28 heavy (non-hydrogen) atoms. The molecule has 0 fully saturated rings. The van der Waals surface area contributed by atoms with Crippen molar-refractivity contribution in [3.05, 3.63) is 41.1 Å². The smallest absolute Gasteiger partial charge is 0.0917 e. The number of hydrogen-bond donors (Lipinski definition) is 1. The summed E-state index contributed by atoms with van der Waals surface area (Å²) in [5.41, 5.74) is 4.74. The zero-order chi connectivity index (χ0) is 19.8. The highest BCUT2D eigenvalue weighted by Gasteiger charge is 2.16. The molecule has 1 aliphatic carbocycles. The zero-order valence-corrected chi connectivity index (χ0v) is 17.9. The molecule has 0 aliphatic heterocycles. The third-order valence-corrected chi connectivity index (χ3v) is 6.09. The van der Waals surface area contributed by atoms with Crippen molar-refractivity contribution in [3.63, 3.8) is 0 Å². The summed E-state index contributed by atoms with van der Waals surface area (Å²) in [5, 5.41) is 12.1. The van der Waals surface area contributed by atoms with E-state index in [1.807, 2.05) is 0 Å². The number of aryl methyl sites for hydroxylation is 2. The van der Waals surface area contributed by atoms with Gasteiger partial charge in [-0.1, -0.05) is 51.7 Å². The quantitative estimate of drug-likeness (QED) is 0.497. The Labute approximate surface area is 171 Å². The van der Waals surface area contributed by atoms with Gasteiger partial charge in [0.15, 0.2) is 0 Å². The Bertz CT molecular complexity index is 733. The van der Waals surface area contributed by atoms with Crippen LogP contribution in [-0.2, 0) is 12.8 Å². The first-order valence-electron chi connectivity index (χ1n) is 11.5. The Balaban J connectivity index is 1.69. The molecule has 1 unspecified atom stereocenters. The van der Waals surface area contributed by atoms with E-state index in [2.05, 4.69) is 43.0 Å². The molecule has 0 spiro atoms. The molecule has 0 bridgehead atoms. The Morgan fingerprint density at radius 2 is 1.68 bits per heavy atom. The Morgan fingerprint density at radius 1 is 0.964 bits per heavy atom. The topological polar surface area (TPSA) is 36.4 Å². The molecule has 2 aromatic rings. The number of nitrogens with zero attached hydrogens (tertiary/aromatic N) is 2. The Morgan fingerprint density at radius 3 is 2.39 bits per heavy atom. The number of aromatic nitrogens is 1. The lowest BCUT2D eigenvalue weighted by Crippen LogP contribution is -2.31. The predicted octanol–water partition coefficient (Wildman–Crippen LogP) is 5.83. The second-order valence-electron chi connectivity index (χ2n) is 8.48. The van der Waals surface area contributed by atoms with Crippen LogP contribution in [0.2, 0.25) is 0 Å². The normalized spacial score (nSPS) is 15.1. The monoisotopic (exact) mass is 382 g/mol. The molecule has 0 saturated carbocycles. The lowest BCUT2D eigenvalue weighted by atomic mass is 9.94. The van der Waals surface area contributed by atoms with Crippen LogP contribution >= 0.6 is 0 Å². The minimum atomic E-state index is -0.439. The second kappa shape index (κ2) is 10.9. The SMILES string of the molecule is CCCCCN(CCCCC)CC(O)c1ccc2cc3c(nc2c1)CCCC3. The van der Waals surface area contributed by atoms with Crippen LogP contribution in [0.15, 0.2) is 24.3 Å². The Kier molecular flexibility index (Phi) is 8.29. The molecule has 1 aromatic carbocycles. The van der Waals surface area contributed by atoms with Crippen molar-refractivity contribution < 1.29 is 5.11 Å². The number of fused-ring (bicyclic) bond motifs is 2. The van der Waals surface area contributed by atoms with Crippen LogP contribution in [0.4, 0.5) is 0 Å². The molecule has 1 atom stereocenters. The molecule has 3 nitrogen and oxygen atoms in total. The van der Waals surface area contributed by atoms with Crippen molar-refractivity contribution in [2.45, 2.75) is 84.2 Å². The van der Waals surface area contributed by atoms with Crippen LogP contribution in [0.25, 0.3) is 10.9 Å². The van der Waals surface area contributed by atoms with Gasteiger partial charge in [0.05, 0.1) is 11.6 Å². The van der Waals surface area contributed by atoms with Crippen molar-refractivity contribution in [2.24, 2.45) is 0 Å². The first kappa shape index (κ1) is 21.3. The van der Waals surface area contributed by atoms with Gasteiger partial charge in [-0.3, -0.25) is 4.98 Å². The largest absolute Gasteiger partial charge is 0.387 e. The average molecular weight is 383 g/mol. The van der Waals surface area contributed by atoms with Gasteiger partial charge in [-0.15, -0.1) is 0 Å². The van der Waals surface area contributed by atoms with E-state index in [1.54, 1.807) is 0 Å². The summed E-state index contributed by atoms with van der Waals surface area (Å²) in [4.78, 5) is 7.39. The van der Waals surface area contributed by atoms with Gasteiger partial charge in [0.1, 0.15) is 0 Å². The standard InChI is InChI=1S/C25H38N2O/c1-3-5-9-15-27(16-10-6-4-2)19-25(28)22-14-13-21-17-20-11-7-8-12-23(20)26-24(21)18-22/h13-14,17-18,25,28H,3-12,15-16,19H2,1-2H3. The van der Waals surface area contributed by atoms with Crippen molar-refractivity contribution in [3.8, 4) is 0 Å². The first-order valence-corrected chi connectivity index (χ1v) is 11.5. The molecule has 1 N–H and O–H groups in total. The van der Waals surface area contributed by atoms with Gasteiger partial charge >= 0.3 is 0 Å². The highest BCUT2D eigenvalue weighted by Crippen LogP contribution is 2.26. The minimum Gasteiger partial charge on any atom is -0.387 e. The summed E-state index contributed by atoms with van der Waals surface area (Å²) in [6, 6.07) is 8.67. The van der Waals surface area contributed by atoms with Gasteiger partial charge in [-0.2, -0.15) is 0 Å². The van der Waals surface area contributed by atoms with E-state index in [-0.39, 0.29) is 0 Å². The number of hydrogen-bond acceptors (Lipinski definition) is 3. The fourth-order valence-corrected chi connectivity index (χ4v) is 4.33. The molecule has 3 heteroatoms. The van der Waals surface area contributed by atoms with E-state index in [9.17, 15) is 5.11 Å². The lowest BCUT2D eigenvalue weighted by molar-refractivity contribution is 0.110. The van der Waals surface area contributed by atoms with Gasteiger partial charge in [0.2, 0.25) is 0 Å². The van der Waals surface area contributed by atoms with Crippen LogP contribution in [0.5, 0.6) is 0 Å². The van der Waals surface area contributed by atoms with Crippen LogP contribution in [0.3, 0.4) is 0 Å². The molecule has 0 radical (unpaired) electrons. The third-order valence-electron chi connectivity index (χ3n) is 6.09. The maximum absolute atomic E-state index is 10.9. The van der Waals surface area contributed by atoms with E-state index in [0.29, 0.717) is 0 Å². The summed E-state index contributed by atoms with van der Waals surface area (Å²) < 4.78 is 0. The number of aliphatic hydroxyl groups is 1. The molecule has 1 heterocycles. The van der Waals surface area contributed by atoms with Gasteiger partial charge in [0.25, 0.3) is 0 Å². The minimum absolute atomic E-state index is 0.439. The van der Waals surface area contributed by atoms with E-state index < -0.39 is 6.10 Å². The second-order valence-corrected chi connectivity index (χ2v) is 8.48. The maximum atomic E-state index is 10.9. The van der Waals surface area contributed by atoms with Crippen LogP contribution in [0.1, 0.15) is 88.1 Å². The van der Waals surface area contributed by atoms with Crippen LogP contribution < -0.4 is 0 Å². The summed E-state index contributed by atoms with van der Waals surface area (Å²) in [5.74, 6) is 0. The molecule has 1 aromatic heterocycles. The number of rotatable bonds is 11.